The molecule has 1 amide bonds. The topological polar surface area (TPSA) is 72.3 Å². The molecule has 3 heterocycles. The molecule has 8 heteroatoms. The minimum absolute atomic E-state index is 0.0756. The molecule has 26 heavy (non-hydrogen) atoms. The van der Waals surface area contributed by atoms with Gasteiger partial charge in [0.15, 0.2) is 9.84 Å². The zero-order valence-corrected chi connectivity index (χ0v) is 16.8. The quantitative estimate of drug-likeness (QED) is 0.732. The van der Waals surface area contributed by atoms with E-state index in [4.69, 9.17) is 0 Å². The van der Waals surface area contributed by atoms with Crippen molar-refractivity contribution in [2.45, 2.75) is 32.9 Å². The maximum atomic E-state index is 12.4. The fourth-order valence-electron chi connectivity index (χ4n) is 3.23. The molecule has 1 unspecified atom stereocenters. The number of nitrogens with zero attached hydrogens (tertiary/aromatic N) is 3. The van der Waals surface area contributed by atoms with E-state index in [0.29, 0.717) is 13.0 Å². The standard InChI is InChI=1S/C18H23N3O3S2/c1-13-17(11-20(3)18(22)7-6-16-5-4-9-25-16)14(2)21(19-13)15-8-10-26(23,24)12-15/h4-7,9,15H,8,10-12H2,1-3H3. The van der Waals surface area contributed by atoms with Crippen LogP contribution in [0, 0.1) is 13.8 Å². The van der Waals surface area contributed by atoms with Crippen LogP contribution in [0.4, 0.5) is 0 Å². The molecule has 0 N–H and O–H groups in total. The van der Waals surface area contributed by atoms with Gasteiger partial charge in [0.2, 0.25) is 5.91 Å². The molecule has 3 rings (SSSR count). The first-order chi connectivity index (χ1) is 12.3. The highest BCUT2D eigenvalue weighted by atomic mass is 32.2. The molecule has 0 radical (unpaired) electrons. The van der Waals surface area contributed by atoms with Gasteiger partial charge in [-0.15, -0.1) is 11.3 Å². The number of aryl methyl sites for hydroxylation is 1. The first-order valence-corrected chi connectivity index (χ1v) is 11.2. The van der Waals surface area contributed by atoms with Crippen LogP contribution in [0.1, 0.15) is 34.3 Å². The van der Waals surface area contributed by atoms with E-state index in [0.717, 1.165) is 21.8 Å². The first kappa shape index (κ1) is 18.8. The Balaban J connectivity index is 1.72. The summed E-state index contributed by atoms with van der Waals surface area (Å²) in [5, 5.41) is 6.53. The van der Waals surface area contributed by atoms with Crippen LogP contribution in [0.5, 0.6) is 0 Å². The third-order valence-corrected chi connectivity index (χ3v) is 7.32. The summed E-state index contributed by atoms with van der Waals surface area (Å²) in [6.07, 6.45) is 3.99. The fraction of sp³-hybridized carbons (Fsp3) is 0.444. The van der Waals surface area contributed by atoms with Crippen molar-refractivity contribution >= 4 is 33.2 Å². The normalized spacial score (nSPS) is 19.3. The number of amides is 1. The minimum atomic E-state index is -2.96. The summed E-state index contributed by atoms with van der Waals surface area (Å²) in [5.74, 6) is 0.289. The second kappa shape index (κ2) is 7.36. The lowest BCUT2D eigenvalue weighted by molar-refractivity contribution is -0.125. The monoisotopic (exact) mass is 393 g/mol. The number of aromatic nitrogens is 2. The molecule has 1 aliphatic rings. The lowest BCUT2D eigenvalue weighted by atomic mass is 10.1. The Bertz CT molecular complexity index is 927. The Hall–Kier alpha value is -1.93. The van der Waals surface area contributed by atoms with Crippen molar-refractivity contribution in [2.24, 2.45) is 0 Å². The summed E-state index contributed by atoms with van der Waals surface area (Å²) in [4.78, 5) is 15.0. The van der Waals surface area contributed by atoms with E-state index in [1.54, 1.807) is 29.4 Å². The summed E-state index contributed by atoms with van der Waals surface area (Å²) < 4.78 is 25.3. The van der Waals surface area contributed by atoms with Gasteiger partial charge in [-0.25, -0.2) is 8.42 Å². The zero-order valence-electron chi connectivity index (χ0n) is 15.2. The summed E-state index contributed by atoms with van der Waals surface area (Å²) in [7, 11) is -1.20. The van der Waals surface area contributed by atoms with Gasteiger partial charge in [0.1, 0.15) is 0 Å². The highest BCUT2D eigenvalue weighted by Crippen LogP contribution is 2.27. The molecule has 140 valence electrons. The molecule has 0 saturated carbocycles. The number of carbonyl (C=O) groups is 1. The van der Waals surface area contributed by atoms with E-state index in [1.807, 2.05) is 42.1 Å². The van der Waals surface area contributed by atoms with Gasteiger partial charge in [0, 0.05) is 35.8 Å². The first-order valence-electron chi connectivity index (χ1n) is 8.48. The average molecular weight is 394 g/mol. The van der Waals surface area contributed by atoms with E-state index in [-0.39, 0.29) is 23.5 Å². The van der Waals surface area contributed by atoms with Crippen molar-refractivity contribution in [1.82, 2.24) is 14.7 Å². The van der Waals surface area contributed by atoms with Gasteiger partial charge in [0.25, 0.3) is 0 Å². The third-order valence-electron chi connectivity index (χ3n) is 4.73. The van der Waals surface area contributed by atoms with Crippen LogP contribution in [-0.2, 0) is 21.2 Å². The molecule has 0 aromatic carbocycles. The number of rotatable bonds is 5. The summed E-state index contributed by atoms with van der Waals surface area (Å²) >= 11 is 1.58. The van der Waals surface area contributed by atoms with E-state index < -0.39 is 9.84 Å². The molecule has 1 atom stereocenters. The van der Waals surface area contributed by atoms with Crippen molar-refractivity contribution in [3.63, 3.8) is 0 Å². The van der Waals surface area contributed by atoms with Crippen molar-refractivity contribution in [3.05, 3.63) is 45.4 Å². The molecule has 0 bridgehead atoms. The van der Waals surface area contributed by atoms with Gasteiger partial charge in [0.05, 0.1) is 23.2 Å². The van der Waals surface area contributed by atoms with Gasteiger partial charge in [-0.05, 0) is 37.8 Å². The summed E-state index contributed by atoms with van der Waals surface area (Å²) in [5.41, 5.74) is 2.76. The highest BCUT2D eigenvalue weighted by Gasteiger charge is 2.31. The van der Waals surface area contributed by atoms with Crippen molar-refractivity contribution in [1.29, 1.82) is 0 Å². The van der Waals surface area contributed by atoms with E-state index in [2.05, 4.69) is 5.10 Å². The van der Waals surface area contributed by atoms with Crippen molar-refractivity contribution in [2.75, 3.05) is 18.6 Å². The van der Waals surface area contributed by atoms with Gasteiger partial charge in [-0.2, -0.15) is 5.10 Å². The van der Waals surface area contributed by atoms with Gasteiger partial charge < -0.3 is 4.90 Å². The van der Waals surface area contributed by atoms with Crippen LogP contribution in [-0.4, -0.2) is 47.6 Å². The Labute approximate surface area is 158 Å². The van der Waals surface area contributed by atoms with E-state index in [1.165, 1.54) is 0 Å². The second-order valence-electron chi connectivity index (χ2n) is 6.69. The predicted octanol–water partition coefficient (Wildman–Crippen LogP) is 2.59. The maximum Gasteiger partial charge on any atom is 0.246 e. The van der Waals surface area contributed by atoms with E-state index in [9.17, 15) is 13.2 Å². The fourth-order valence-corrected chi connectivity index (χ4v) is 5.54. The molecular weight excluding hydrogens is 370 g/mol. The van der Waals surface area contributed by atoms with Gasteiger partial charge in [-0.1, -0.05) is 6.07 Å². The molecule has 6 nitrogen and oxygen atoms in total. The summed E-state index contributed by atoms with van der Waals surface area (Å²) in [6.45, 7) is 4.30. The summed E-state index contributed by atoms with van der Waals surface area (Å²) in [6, 6.07) is 3.80. The number of hydrogen-bond acceptors (Lipinski definition) is 5. The van der Waals surface area contributed by atoms with Crippen molar-refractivity contribution < 1.29 is 13.2 Å². The molecule has 2 aromatic rings. The van der Waals surface area contributed by atoms with Gasteiger partial charge in [-0.3, -0.25) is 9.48 Å². The predicted molar refractivity (Wildman–Crippen MR) is 104 cm³/mol. The van der Waals surface area contributed by atoms with Crippen LogP contribution in [0.2, 0.25) is 0 Å². The lowest BCUT2D eigenvalue weighted by Crippen LogP contribution is -2.24. The molecule has 1 saturated heterocycles. The Morgan fingerprint density at radius 3 is 2.85 bits per heavy atom. The SMILES string of the molecule is Cc1nn(C2CCS(=O)(=O)C2)c(C)c1CN(C)C(=O)C=Cc1cccs1. The minimum Gasteiger partial charge on any atom is -0.338 e. The molecule has 0 aliphatic carbocycles. The maximum absolute atomic E-state index is 12.4. The Morgan fingerprint density at radius 2 is 2.23 bits per heavy atom. The smallest absolute Gasteiger partial charge is 0.246 e. The largest absolute Gasteiger partial charge is 0.338 e. The van der Waals surface area contributed by atoms with Crippen LogP contribution < -0.4 is 0 Å². The molecule has 1 fully saturated rings. The Morgan fingerprint density at radius 1 is 1.46 bits per heavy atom. The molecule has 2 aromatic heterocycles. The molecule has 0 spiro atoms. The van der Waals surface area contributed by atoms with Crippen LogP contribution >= 0.6 is 11.3 Å². The highest BCUT2D eigenvalue weighted by molar-refractivity contribution is 7.91. The molecular formula is C18H23N3O3S2. The van der Waals surface area contributed by atoms with E-state index >= 15 is 0 Å². The number of sulfone groups is 1. The average Bonchev–Trinajstić information content (AvgIpc) is 3.28. The Kier molecular flexibility index (Phi) is 5.34. The third kappa shape index (κ3) is 4.07. The van der Waals surface area contributed by atoms with Crippen LogP contribution in [0.15, 0.2) is 23.6 Å². The number of thiophene rings is 1. The number of carbonyl (C=O) groups excluding carboxylic acids is 1. The second-order valence-corrected chi connectivity index (χ2v) is 9.90. The lowest BCUT2D eigenvalue weighted by Gasteiger charge is -2.16. The van der Waals surface area contributed by atoms with Crippen LogP contribution in [0.3, 0.4) is 0 Å². The van der Waals surface area contributed by atoms with Gasteiger partial charge >= 0.3 is 0 Å². The number of hydrogen-bond donors (Lipinski definition) is 0. The molecule has 1 aliphatic heterocycles. The van der Waals surface area contributed by atoms with Crippen molar-refractivity contribution in [3.8, 4) is 0 Å². The zero-order chi connectivity index (χ0) is 18.9. The van der Waals surface area contributed by atoms with Crippen LogP contribution in [0.25, 0.3) is 6.08 Å². The number of likely N-dealkylation sites (N-methyl/N-ethyl adjacent to an activating group) is 1.